The van der Waals surface area contributed by atoms with Gasteiger partial charge in [-0.3, -0.25) is 10.1 Å². The molecule has 4 rings (SSSR count). The van der Waals surface area contributed by atoms with Crippen LogP contribution in [0.4, 0.5) is 5.82 Å². The molecule has 4 aromatic rings. The van der Waals surface area contributed by atoms with Crippen LogP contribution in [0.3, 0.4) is 0 Å². The summed E-state index contributed by atoms with van der Waals surface area (Å²) in [6, 6.07) is 22.4. The molecule has 2 aromatic carbocycles. The standard InChI is InChI=1S/C23H24N3O/c1-16(27)25-20-15-14-17-10-8-9-13-19(17)26(20)22(24-23(2,3)4)21(25)18-11-6-5-7-12-18/h5-15,24H,1-4H3/q+1. The molecule has 1 N–H and O–H groups in total. The van der Waals surface area contributed by atoms with E-state index in [4.69, 9.17) is 0 Å². The van der Waals surface area contributed by atoms with Crippen LogP contribution in [0.25, 0.3) is 27.8 Å². The van der Waals surface area contributed by atoms with Crippen molar-refractivity contribution in [3.05, 3.63) is 66.7 Å². The highest BCUT2D eigenvalue weighted by atomic mass is 16.1. The van der Waals surface area contributed by atoms with Gasteiger partial charge in [0.15, 0.2) is 5.69 Å². The first-order valence-corrected chi connectivity index (χ1v) is 9.19. The third-order valence-corrected chi connectivity index (χ3v) is 4.57. The van der Waals surface area contributed by atoms with Gasteiger partial charge >= 0.3 is 0 Å². The summed E-state index contributed by atoms with van der Waals surface area (Å²) >= 11 is 0. The van der Waals surface area contributed by atoms with Gasteiger partial charge in [0.25, 0.3) is 11.7 Å². The van der Waals surface area contributed by atoms with Crippen molar-refractivity contribution < 1.29 is 9.20 Å². The maximum Gasteiger partial charge on any atom is 0.284 e. The van der Waals surface area contributed by atoms with Crippen molar-refractivity contribution in [2.45, 2.75) is 33.2 Å². The lowest BCUT2D eigenvalue weighted by molar-refractivity contribution is -0.464. The van der Waals surface area contributed by atoms with E-state index in [0.717, 1.165) is 33.6 Å². The normalized spacial score (nSPS) is 11.9. The molecule has 0 aliphatic rings. The third kappa shape index (κ3) is 2.97. The van der Waals surface area contributed by atoms with E-state index in [0.29, 0.717) is 0 Å². The first-order valence-electron chi connectivity index (χ1n) is 9.19. The molecule has 0 aliphatic heterocycles. The van der Waals surface area contributed by atoms with Crippen LogP contribution >= 0.6 is 0 Å². The zero-order valence-electron chi connectivity index (χ0n) is 16.2. The van der Waals surface area contributed by atoms with E-state index in [1.807, 2.05) is 48.5 Å². The van der Waals surface area contributed by atoms with E-state index in [-0.39, 0.29) is 11.4 Å². The Morgan fingerprint density at radius 1 is 0.926 bits per heavy atom. The predicted molar refractivity (Wildman–Crippen MR) is 110 cm³/mol. The second kappa shape index (κ2) is 6.23. The van der Waals surface area contributed by atoms with Crippen LogP contribution in [0.1, 0.15) is 32.5 Å². The molecule has 2 aromatic heterocycles. The summed E-state index contributed by atoms with van der Waals surface area (Å²) in [7, 11) is 0. The van der Waals surface area contributed by atoms with E-state index >= 15 is 0 Å². The van der Waals surface area contributed by atoms with E-state index in [1.54, 1.807) is 11.5 Å². The molecule has 0 bridgehead atoms. The fraction of sp³-hybridized carbons (Fsp3) is 0.217. The minimum absolute atomic E-state index is 0.0106. The number of anilines is 1. The fourth-order valence-corrected chi connectivity index (χ4v) is 3.58. The highest BCUT2D eigenvalue weighted by Crippen LogP contribution is 2.31. The number of nitrogens with one attached hydrogen (secondary N) is 1. The Morgan fingerprint density at radius 3 is 2.26 bits per heavy atom. The Hall–Kier alpha value is -3.14. The molecule has 4 heteroatoms. The van der Waals surface area contributed by atoms with E-state index in [2.05, 4.69) is 48.7 Å². The van der Waals surface area contributed by atoms with Crippen LogP contribution in [-0.2, 0) is 0 Å². The van der Waals surface area contributed by atoms with Crippen molar-refractivity contribution in [3.8, 4) is 11.3 Å². The topological polar surface area (TPSA) is 38.1 Å². The fourth-order valence-electron chi connectivity index (χ4n) is 3.58. The average molecular weight is 358 g/mol. The molecule has 0 saturated carbocycles. The molecule has 0 atom stereocenters. The summed E-state index contributed by atoms with van der Waals surface area (Å²) in [6.07, 6.45) is 0. The van der Waals surface area contributed by atoms with Crippen LogP contribution in [0, 0.1) is 0 Å². The van der Waals surface area contributed by atoms with Crippen molar-refractivity contribution in [2.75, 3.05) is 5.32 Å². The zero-order valence-corrected chi connectivity index (χ0v) is 16.2. The van der Waals surface area contributed by atoms with Gasteiger partial charge in [0.05, 0.1) is 5.54 Å². The molecule has 0 unspecified atom stereocenters. The second-order valence-corrected chi connectivity index (χ2v) is 7.88. The number of hydrogen-bond donors (Lipinski definition) is 1. The summed E-state index contributed by atoms with van der Waals surface area (Å²) in [6.45, 7) is 8.00. The van der Waals surface area contributed by atoms with E-state index < -0.39 is 0 Å². The van der Waals surface area contributed by atoms with E-state index in [1.165, 1.54) is 0 Å². The molecular formula is C23H24N3O+. The minimum atomic E-state index is -0.163. The highest BCUT2D eigenvalue weighted by molar-refractivity contribution is 5.91. The van der Waals surface area contributed by atoms with Crippen LogP contribution in [-0.4, -0.2) is 16.0 Å². The number of nitrogens with zero attached hydrogens (tertiary/aromatic N) is 2. The van der Waals surface area contributed by atoms with Gasteiger partial charge in [0.2, 0.25) is 5.65 Å². The number of fused-ring (bicyclic) bond motifs is 3. The van der Waals surface area contributed by atoms with Crippen LogP contribution in [0.15, 0.2) is 66.7 Å². The van der Waals surface area contributed by atoms with Crippen LogP contribution < -0.4 is 9.72 Å². The van der Waals surface area contributed by atoms with Gasteiger partial charge in [-0.1, -0.05) is 48.5 Å². The quantitative estimate of drug-likeness (QED) is 0.517. The molecule has 0 radical (unpaired) electrons. The molecule has 0 saturated heterocycles. The van der Waals surface area contributed by atoms with Gasteiger partial charge in [-0.05, 0) is 32.9 Å². The number of hydrogen-bond acceptors (Lipinski definition) is 2. The maximum atomic E-state index is 12.7. The number of benzene rings is 2. The summed E-state index contributed by atoms with van der Waals surface area (Å²) in [5, 5.41) is 4.78. The number of pyridine rings is 1. The molecule has 27 heavy (non-hydrogen) atoms. The van der Waals surface area contributed by atoms with Gasteiger partial charge in [-0.15, -0.1) is 0 Å². The zero-order chi connectivity index (χ0) is 19.2. The molecule has 0 aliphatic carbocycles. The monoisotopic (exact) mass is 358 g/mol. The molecule has 0 fully saturated rings. The summed E-state index contributed by atoms with van der Waals surface area (Å²) in [5.41, 5.74) is 3.65. The second-order valence-electron chi connectivity index (χ2n) is 7.88. The first-order chi connectivity index (χ1) is 12.9. The average Bonchev–Trinajstić information content (AvgIpc) is 2.95. The highest BCUT2D eigenvalue weighted by Gasteiger charge is 2.31. The number of aromatic nitrogens is 2. The van der Waals surface area contributed by atoms with Crippen LogP contribution in [0.2, 0.25) is 0 Å². The lowest BCUT2D eigenvalue weighted by atomic mass is 10.1. The predicted octanol–water partition coefficient (Wildman–Crippen LogP) is 4.92. The molecular weight excluding hydrogens is 334 g/mol. The van der Waals surface area contributed by atoms with Crippen LogP contribution in [0.5, 0.6) is 0 Å². The van der Waals surface area contributed by atoms with Gasteiger partial charge in [0.1, 0.15) is 5.52 Å². The molecule has 0 spiro atoms. The first kappa shape index (κ1) is 17.3. The molecule has 0 amide bonds. The van der Waals surface area contributed by atoms with E-state index in [9.17, 15) is 4.79 Å². The molecule has 136 valence electrons. The Balaban J connectivity index is 2.22. The summed E-state index contributed by atoms with van der Waals surface area (Å²) in [4.78, 5) is 12.7. The summed E-state index contributed by atoms with van der Waals surface area (Å²) < 4.78 is 3.96. The number of carbonyl (C=O) groups excluding carboxylic acids is 1. The van der Waals surface area contributed by atoms with Crippen molar-refractivity contribution >= 4 is 28.3 Å². The maximum absolute atomic E-state index is 12.7. The van der Waals surface area contributed by atoms with Gasteiger partial charge < -0.3 is 0 Å². The third-order valence-electron chi connectivity index (χ3n) is 4.57. The van der Waals surface area contributed by atoms with Crippen molar-refractivity contribution in [1.82, 2.24) is 4.57 Å². The number of imidazole rings is 1. The number of rotatable bonds is 2. The van der Waals surface area contributed by atoms with Crippen molar-refractivity contribution in [1.29, 1.82) is 0 Å². The Labute approximate surface area is 159 Å². The Bertz CT molecular complexity index is 1150. The lowest BCUT2D eigenvalue weighted by Gasteiger charge is -2.17. The van der Waals surface area contributed by atoms with Gasteiger partial charge in [-0.2, -0.15) is 8.97 Å². The van der Waals surface area contributed by atoms with Gasteiger partial charge in [0, 0.05) is 23.9 Å². The van der Waals surface area contributed by atoms with Crippen molar-refractivity contribution in [2.24, 2.45) is 0 Å². The smallest absolute Gasteiger partial charge is 0.284 e. The minimum Gasteiger partial charge on any atom is -0.298 e. The van der Waals surface area contributed by atoms with Gasteiger partial charge in [-0.25, -0.2) is 0 Å². The summed E-state index contributed by atoms with van der Waals surface area (Å²) in [5.74, 6) is 0.916. The Kier molecular flexibility index (Phi) is 3.99. The molecule has 4 nitrogen and oxygen atoms in total. The number of para-hydroxylation sites is 1. The largest absolute Gasteiger partial charge is 0.298 e. The SMILES string of the molecule is CC(=O)n1c(-c2ccccc2)c(NC(C)(C)C)[n+]2c3ccccc3ccc12. The molecule has 2 heterocycles. The lowest BCUT2D eigenvalue weighted by Crippen LogP contribution is -2.34. The Morgan fingerprint density at radius 2 is 1.59 bits per heavy atom. The van der Waals surface area contributed by atoms with Crippen molar-refractivity contribution in [3.63, 3.8) is 0 Å². The number of carbonyl (C=O) groups is 1.